The first-order chi connectivity index (χ1) is 14.3. The number of benzene rings is 2. The monoisotopic (exact) mass is 429 g/mol. The molecule has 0 bridgehead atoms. The van der Waals surface area contributed by atoms with Gasteiger partial charge in [-0.05, 0) is 42.8 Å². The summed E-state index contributed by atoms with van der Waals surface area (Å²) in [6.45, 7) is 8.35. The Morgan fingerprint density at radius 1 is 1.20 bits per heavy atom. The first kappa shape index (κ1) is 22.0. The Labute approximate surface area is 177 Å². The highest BCUT2D eigenvalue weighted by atomic mass is 32.2. The molecule has 0 spiro atoms. The molecule has 2 N–H and O–H groups in total. The lowest BCUT2D eigenvalue weighted by atomic mass is 10.1. The van der Waals surface area contributed by atoms with E-state index in [0.29, 0.717) is 18.8 Å². The van der Waals surface area contributed by atoms with Crippen LogP contribution in [-0.4, -0.2) is 56.3 Å². The van der Waals surface area contributed by atoms with Gasteiger partial charge in [-0.25, -0.2) is 13.6 Å². The summed E-state index contributed by atoms with van der Waals surface area (Å²) in [5.74, 6) is 0.512. The van der Waals surface area contributed by atoms with E-state index in [1.54, 1.807) is 12.1 Å². The van der Waals surface area contributed by atoms with Gasteiger partial charge in [-0.2, -0.15) is 0 Å². The molecule has 0 aromatic heterocycles. The van der Waals surface area contributed by atoms with Crippen molar-refractivity contribution >= 4 is 15.9 Å². The van der Waals surface area contributed by atoms with Crippen molar-refractivity contribution in [2.24, 2.45) is 5.14 Å². The largest absolute Gasteiger partial charge is 0.484 e. The Morgan fingerprint density at radius 3 is 2.43 bits per heavy atom. The highest BCUT2D eigenvalue weighted by molar-refractivity contribution is 7.89. The Kier molecular flexibility index (Phi) is 6.91. The third kappa shape index (κ3) is 5.47. The maximum atomic E-state index is 12.0. The molecule has 7 nitrogen and oxygen atoms in total. The lowest BCUT2D eigenvalue weighted by Crippen LogP contribution is -2.54. The van der Waals surface area contributed by atoms with Crippen LogP contribution in [0.1, 0.15) is 18.6 Å². The molecule has 8 heteroatoms. The van der Waals surface area contributed by atoms with Crippen LogP contribution in [0.2, 0.25) is 0 Å². The number of rotatable bonds is 7. The number of hydrogen-bond acceptors (Lipinski definition) is 5. The summed E-state index contributed by atoms with van der Waals surface area (Å²) in [4.78, 5) is 16.1. The first-order valence-corrected chi connectivity index (χ1v) is 11.3. The molecule has 0 unspecified atom stereocenters. The van der Waals surface area contributed by atoms with Gasteiger partial charge >= 0.3 is 0 Å². The maximum absolute atomic E-state index is 12.0. The maximum Gasteiger partial charge on any atom is 0.246 e. The van der Waals surface area contributed by atoms with Crippen molar-refractivity contribution < 1.29 is 17.9 Å². The predicted octanol–water partition coefficient (Wildman–Crippen LogP) is 2.17. The van der Waals surface area contributed by atoms with E-state index in [1.165, 1.54) is 18.2 Å². The van der Waals surface area contributed by atoms with Gasteiger partial charge in [-0.3, -0.25) is 9.69 Å². The summed E-state index contributed by atoms with van der Waals surface area (Å²) in [7, 11) is -3.75. The molecule has 0 aliphatic carbocycles. The Bertz CT molecular complexity index is 977. The van der Waals surface area contributed by atoms with Crippen molar-refractivity contribution in [3.63, 3.8) is 0 Å². The van der Waals surface area contributed by atoms with Crippen LogP contribution in [-0.2, 0) is 14.8 Å². The highest BCUT2D eigenvalue weighted by Gasteiger charge is 2.28. The van der Waals surface area contributed by atoms with Crippen LogP contribution in [0.3, 0.4) is 0 Å². The molecule has 160 valence electrons. The number of ether oxygens (including phenoxy) is 1. The summed E-state index contributed by atoms with van der Waals surface area (Å²) < 4.78 is 29.2. The lowest BCUT2D eigenvalue weighted by Gasteiger charge is -2.40. The normalized spacial score (nSPS) is 18.6. The van der Waals surface area contributed by atoms with Gasteiger partial charge in [0.15, 0.2) is 0 Å². The molecule has 1 amide bonds. The van der Waals surface area contributed by atoms with Gasteiger partial charge < -0.3 is 9.64 Å². The van der Waals surface area contributed by atoms with E-state index in [2.05, 4.69) is 11.5 Å². The van der Waals surface area contributed by atoms with Gasteiger partial charge in [0, 0.05) is 32.2 Å². The summed E-state index contributed by atoms with van der Waals surface area (Å²) in [6.07, 6.45) is 1.10. The van der Waals surface area contributed by atoms with Crippen molar-refractivity contribution in [3.05, 3.63) is 72.8 Å². The minimum absolute atomic E-state index is 0.0444. The van der Waals surface area contributed by atoms with Gasteiger partial charge in [0.1, 0.15) is 11.9 Å². The van der Waals surface area contributed by atoms with Gasteiger partial charge in [0.05, 0.1) is 4.90 Å². The second kappa shape index (κ2) is 9.42. The third-order valence-electron chi connectivity index (χ3n) is 5.20. The van der Waals surface area contributed by atoms with Crippen molar-refractivity contribution in [2.45, 2.75) is 24.0 Å². The molecule has 0 radical (unpaired) electrons. The van der Waals surface area contributed by atoms with E-state index in [4.69, 9.17) is 9.88 Å². The van der Waals surface area contributed by atoms with E-state index >= 15 is 0 Å². The molecule has 1 aliphatic heterocycles. The molecule has 2 aromatic rings. The summed E-state index contributed by atoms with van der Waals surface area (Å²) in [6, 6.07) is 16.0. The topological polar surface area (TPSA) is 92.9 Å². The number of nitrogens with zero attached hydrogens (tertiary/aromatic N) is 2. The second-order valence-corrected chi connectivity index (χ2v) is 8.94. The second-order valence-electron chi connectivity index (χ2n) is 7.38. The van der Waals surface area contributed by atoms with Crippen LogP contribution < -0.4 is 9.88 Å². The Morgan fingerprint density at radius 2 is 1.87 bits per heavy atom. The van der Waals surface area contributed by atoms with E-state index in [1.807, 2.05) is 42.2 Å². The van der Waals surface area contributed by atoms with Crippen molar-refractivity contribution in [2.75, 3.05) is 26.2 Å². The number of carbonyl (C=O) groups is 1. The van der Waals surface area contributed by atoms with E-state index < -0.39 is 10.0 Å². The number of sulfonamides is 1. The molecule has 2 atom stereocenters. The van der Waals surface area contributed by atoms with Crippen LogP contribution in [0.15, 0.2) is 72.1 Å². The zero-order valence-electron chi connectivity index (χ0n) is 17.0. The van der Waals surface area contributed by atoms with Crippen LogP contribution >= 0.6 is 0 Å². The van der Waals surface area contributed by atoms with Crippen molar-refractivity contribution in [1.82, 2.24) is 9.80 Å². The average molecular weight is 430 g/mol. The fourth-order valence-corrected chi connectivity index (χ4v) is 4.14. The van der Waals surface area contributed by atoms with Crippen LogP contribution in [0.4, 0.5) is 0 Å². The molecule has 1 saturated heterocycles. The van der Waals surface area contributed by atoms with Gasteiger partial charge in [-0.15, -0.1) is 0 Å². The fourth-order valence-electron chi connectivity index (χ4n) is 3.63. The van der Waals surface area contributed by atoms with Gasteiger partial charge in [-0.1, -0.05) is 36.9 Å². The standard InChI is InChI=1S/C22H27N3O4S/c1-3-22(26)25-14-13-24(15-17(25)2)16-21(18-7-5-4-6-8-18)29-19-9-11-20(12-10-19)30(23,27)28/h3-12,17,21H,1,13-16H2,2H3,(H2,23,27,28)/t17-,21-/m1/s1. The molecule has 1 fully saturated rings. The molecule has 0 saturated carbocycles. The number of primary sulfonamides is 1. The van der Waals surface area contributed by atoms with Crippen LogP contribution in [0.25, 0.3) is 0 Å². The van der Waals surface area contributed by atoms with Crippen molar-refractivity contribution in [1.29, 1.82) is 0 Å². The van der Waals surface area contributed by atoms with E-state index in [9.17, 15) is 13.2 Å². The van der Waals surface area contributed by atoms with E-state index in [0.717, 1.165) is 18.7 Å². The van der Waals surface area contributed by atoms with Gasteiger partial charge in [0.2, 0.25) is 15.9 Å². The zero-order chi connectivity index (χ0) is 21.7. The van der Waals surface area contributed by atoms with Crippen LogP contribution in [0, 0.1) is 0 Å². The molecular formula is C22H27N3O4S. The number of nitrogens with two attached hydrogens (primary N) is 1. The van der Waals surface area contributed by atoms with E-state index in [-0.39, 0.29) is 22.9 Å². The Balaban J connectivity index is 1.74. The van der Waals surface area contributed by atoms with Crippen LogP contribution in [0.5, 0.6) is 5.75 Å². The Hall–Kier alpha value is -2.68. The molecule has 2 aromatic carbocycles. The number of hydrogen-bond donors (Lipinski definition) is 1. The quantitative estimate of drug-likeness (QED) is 0.681. The van der Waals surface area contributed by atoms with Crippen molar-refractivity contribution in [3.8, 4) is 5.75 Å². The zero-order valence-corrected chi connectivity index (χ0v) is 17.8. The number of carbonyl (C=O) groups excluding carboxylic acids is 1. The summed E-state index contributed by atoms with van der Waals surface area (Å²) in [5.41, 5.74) is 1.02. The van der Waals surface area contributed by atoms with Gasteiger partial charge in [0.25, 0.3) is 0 Å². The molecule has 30 heavy (non-hydrogen) atoms. The summed E-state index contributed by atoms with van der Waals surface area (Å²) >= 11 is 0. The first-order valence-electron chi connectivity index (χ1n) is 9.78. The SMILES string of the molecule is C=CC(=O)N1CCN(C[C@@H](Oc2ccc(S(N)(=O)=O)cc2)c2ccccc2)C[C@H]1C. The molecule has 3 rings (SSSR count). The summed E-state index contributed by atoms with van der Waals surface area (Å²) in [5, 5.41) is 5.17. The lowest BCUT2D eigenvalue weighted by molar-refractivity contribution is -0.130. The minimum atomic E-state index is -3.75. The smallest absolute Gasteiger partial charge is 0.246 e. The third-order valence-corrected chi connectivity index (χ3v) is 6.12. The number of piperazine rings is 1. The predicted molar refractivity (Wildman–Crippen MR) is 115 cm³/mol. The number of amides is 1. The highest BCUT2D eigenvalue weighted by Crippen LogP contribution is 2.25. The molecule has 1 heterocycles. The average Bonchev–Trinajstić information content (AvgIpc) is 2.73. The minimum Gasteiger partial charge on any atom is -0.484 e. The molecular weight excluding hydrogens is 402 g/mol. The fraction of sp³-hybridized carbons (Fsp3) is 0.318. The molecule has 1 aliphatic rings.